The van der Waals surface area contributed by atoms with Crippen LogP contribution in [0, 0.1) is 5.92 Å². The summed E-state index contributed by atoms with van der Waals surface area (Å²) in [4.78, 5) is 17.5. The molecule has 2 aliphatic heterocycles. The number of nitrogens with zero attached hydrogens (tertiary/aromatic N) is 2. The molecule has 5 rings (SSSR count). The Hall–Kier alpha value is -1.07. The highest BCUT2D eigenvalue weighted by Crippen LogP contribution is 2.36. The first-order valence-corrected chi connectivity index (χ1v) is 11.2. The molecule has 27 heavy (non-hydrogen) atoms. The van der Waals surface area contributed by atoms with Gasteiger partial charge in [-0.25, -0.2) is 0 Å². The average Bonchev–Trinajstić information content (AvgIpc) is 3.48. The fourth-order valence-electron chi connectivity index (χ4n) is 5.52. The minimum Gasteiger partial charge on any atom is -0.501 e. The summed E-state index contributed by atoms with van der Waals surface area (Å²) >= 11 is 0. The number of hydrogen-bond acceptors (Lipinski definition) is 4. The highest BCUT2D eigenvalue weighted by Gasteiger charge is 2.43. The van der Waals surface area contributed by atoms with E-state index in [1.165, 1.54) is 44.1 Å². The molecule has 3 aliphatic carbocycles. The third kappa shape index (κ3) is 3.91. The molecule has 0 aromatic carbocycles. The number of amides is 1. The van der Waals surface area contributed by atoms with Crippen LogP contribution in [0.5, 0.6) is 0 Å². The van der Waals surface area contributed by atoms with Crippen molar-refractivity contribution in [3.8, 4) is 0 Å². The molecule has 0 unspecified atom stereocenters. The summed E-state index contributed by atoms with van der Waals surface area (Å²) in [5, 5.41) is 0. The van der Waals surface area contributed by atoms with Gasteiger partial charge in [0.05, 0.1) is 25.0 Å². The number of morpholine rings is 1. The summed E-state index contributed by atoms with van der Waals surface area (Å²) in [6.07, 6.45) is 14.4. The average molecular weight is 375 g/mol. The first kappa shape index (κ1) is 18.0. The lowest BCUT2D eigenvalue weighted by Crippen LogP contribution is -2.61. The van der Waals surface area contributed by atoms with E-state index in [2.05, 4.69) is 9.80 Å². The van der Waals surface area contributed by atoms with Crippen molar-refractivity contribution in [2.75, 3.05) is 26.3 Å². The van der Waals surface area contributed by atoms with Gasteiger partial charge in [0.15, 0.2) is 0 Å². The normalized spacial score (nSPS) is 35.6. The number of hydrogen-bond donors (Lipinski definition) is 0. The molecule has 2 saturated heterocycles. The predicted octanol–water partition coefficient (Wildman–Crippen LogP) is 3.09. The lowest BCUT2D eigenvalue weighted by atomic mass is 9.84. The van der Waals surface area contributed by atoms with Crippen LogP contribution >= 0.6 is 0 Å². The zero-order valence-corrected chi connectivity index (χ0v) is 16.5. The van der Waals surface area contributed by atoms with Gasteiger partial charge >= 0.3 is 0 Å². The van der Waals surface area contributed by atoms with Crippen molar-refractivity contribution in [3.63, 3.8) is 0 Å². The summed E-state index contributed by atoms with van der Waals surface area (Å²) in [7, 11) is 0. The molecule has 5 heteroatoms. The van der Waals surface area contributed by atoms with Gasteiger partial charge in [0, 0.05) is 25.2 Å². The third-order valence-corrected chi connectivity index (χ3v) is 7.42. The van der Waals surface area contributed by atoms with Gasteiger partial charge in [-0.15, -0.1) is 0 Å². The van der Waals surface area contributed by atoms with Gasteiger partial charge in [-0.3, -0.25) is 9.69 Å². The molecule has 5 fully saturated rings. The fraction of sp³-hybridized carbons (Fsp3) is 0.864. The van der Waals surface area contributed by atoms with Crippen molar-refractivity contribution in [2.45, 2.75) is 88.4 Å². The van der Waals surface area contributed by atoms with Crippen LogP contribution in [0.4, 0.5) is 0 Å². The van der Waals surface area contributed by atoms with Crippen LogP contribution < -0.4 is 0 Å². The summed E-state index contributed by atoms with van der Waals surface area (Å²) in [6, 6.07) is 1.48. The lowest BCUT2D eigenvalue weighted by Gasteiger charge is -2.50. The molecule has 0 aromatic rings. The number of carbonyl (C=O) groups is 1. The third-order valence-electron chi connectivity index (χ3n) is 7.42. The van der Waals surface area contributed by atoms with Gasteiger partial charge < -0.3 is 14.4 Å². The number of likely N-dealkylation sites (tertiary alicyclic amines) is 1. The summed E-state index contributed by atoms with van der Waals surface area (Å²) in [5.41, 5.74) is 1.48. The summed E-state index contributed by atoms with van der Waals surface area (Å²) in [5.74, 6) is 1.07. The molecule has 2 atom stereocenters. The van der Waals surface area contributed by atoms with Crippen LogP contribution in [0.15, 0.2) is 11.8 Å². The molecule has 3 saturated carbocycles. The molecular formula is C22H34N2O3. The highest BCUT2D eigenvalue weighted by molar-refractivity contribution is 5.79. The Morgan fingerprint density at radius 2 is 1.78 bits per heavy atom. The van der Waals surface area contributed by atoms with Gasteiger partial charge in [-0.05, 0) is 62.9 Å². The quantitative estimate of drug-likeness (QED) is 0.694. The van der Waals surface area contributed by atoms with Gasteiger partial charge in [-0.2, -0.15) is 0 Å². The van der Waals surface area contributed by atoms with E-state index in [4.69, 9.17) is 9.47 Å². The fourth-order valence-corrected chi connectivity index (χ4v) is 5.52. The van der Waals surface area contributed by atoms with Crippen LogP contribution in [0.2, 0.25) is 0 Å². The van der Waals surface area contributed by atoms with Crippen molar-refractivity contribution in [2.24, 2.45) is 5.92 Å². The zero-order chi connectivity index (χ0) is 18.2. The Morgan fingerprint density at radius 3 is 2.56 bits per heavy atom. The molecule has 0 bridgehead atoms. The molecule has 0 N–H and O–H groups in total. The van der Waals surface area contributed by atoms with E-state index >= 15 is 0 Å². The van der Waals surface area contributed by atoms with Crippen molar-refractivity contribution in [1.29, 1.82) is 0 Å². The second-order valence-electron chi connectivity index (χ2n) is 9.38. The summed E-state index contributed by atoms with van der Waals surface area (Å²) < 4.78 is 11.6. The van der Waals surface area contributed by atoms with Crippen molar-refractivity contribution < 1.29 is 14.3 Å². The number of carbonyl (C=O) groups excluding carboxylic acids is 1. The van der Waals surface area contributed by atoms with Gasteiger partial charge in [0.2, 0.25) is 5.91 Å². The number of fused-ring (bicyclic) bond motifs is 1. The Balaban J connectivity index is 1.10. The Morgan fingerprint density at radius 1 is 1.00 bits per heavy atom. The highest BCUT2D eigenvalue weighted by atomic mass is 16.5. The monoisotopic (exact) mass is 374 g/mol. The number of rotatable bonds is 5. The molecular weight excluding hydrogens is 340 g/mol. The van der Waals surface area contributed by atoms with E-state index in [0.29, 0.717) is 30.8 Å². The second-order valence-corrected chi connectivity index (χ2v) is 9.38. The van der Waals surface area contributed by atoms with Crippen molar-refractivity contribution in [3.05, 3.63) is 11.8 Å². The molecule has 5 aliphatic rings. The maximum Gasteiger partial charge on any atom is 0.249 e. The van der Waals surface area contributed by atoms with E-state index in [1.807, 2.05) is 6.26 Å². The SMILES string of the molecule is O=C1CO[C@H]2CCCC[C@@H]2N1C1CCN(C2CC(=COCC3CC3)C2)CC1. The molecule has 1 amide bonds. The Bertz CT molecular complexity index is 572. The van der Waals surface area contributed by atoms with Crippen LogP contribution in [-0.2, 0) is 14.3 Å². The molecule has 150 valence electrons. The minimum absolute atomic E-state index is 0.235. The van der Waals surface area contributed by atoms with E-state index in [-0.39, 0.29) is 5.91 Å². The summed E-state index contributed by atoms with van der Waals surface area (Å²) in [6.45, 7) is 3.50. The first-order chi connectivity index (χ1) is 13.3. The van der Waals surface area contributed by atoms with E-state index < -0.39 is 0 Å². The van der Waals surface area contributed by atoms with E-state index in [1.54, 1.807) is 0 Å². The second kappa shape index (κ2) is 7.75. The predicted molar refractivity (Wildman–Crippen MR) is 103 cm³/mol. The Kier molecular flexibility index (Phi) is 5.16. The maximum absolute atomic E-state index is 12.6. The molecule has 0 spiro atoms. The van der Waals surface area contributed by atoms with Crippen LogP contribution in [0.1, 0.15) is 64.2 Å². The molecule has 2 heterocycles. The number of piperidine rings is 1. The zero-order valence-electron chi connectivity index (χ0n) is 16.5. The maximum atomic E-state index is 12.6. The standard InChI is InChI=1S/C22H34N2O3/c25-22-15-27-21-4-2-1-3-20(21)24(22)18-7-9-23(10-8-18)19-11-17(12-19)14-26-13-16-5-6-16/h14,16,18-21H,1-13,15H2/t19?,20-,21-/m0/s1. The number of ether oxygens (including phenoxy) is 2. The molecule has 5 nitrogen and oxygen atoms in total. The van der Waals surface area contributed by atoms with Gasteiger partial charge in [0.25, 0.3) is 0 Å². The molecule has 0 radical (unpaired) electrons. The van der Waals surface area contributed by atoms with Crippen LogP contribution in [0.25, 0.3) is 0 Å². The van der Waals surface area contributed by atoms with Crippen LogP contribution in [0.3, 0.4) is 0 Å². The Labute approximate surface area is 163 Å². The van der Waals surface area contributed by atoms with Crippen molar-refractivity contribution in [1.82, 2.24) is 9.80 Å². The van der Waals surface area contributed by atoms with E-state index in [9.17, 15) is 4.79 Å². The minimum atomic E-state index is 0.235. The van der Waals surface area contributed by atoms with Crippen molar-refractivity contribution >= 4 is 5.91 Å². The molecule has 0 aromatic heterocycles. The smallest absolute Gasteiger partial charge is 0.249 e. The van der Waals surface area contributed by atoms with E-state index in [0.717, 1.165) is 51.3 Å². The first-order valence-electron chi connectivity index (χ1n) is 11.2. The topological polar surface area (TPSA) is 42.0 Å². The van der Waals surface area contributed by atoms with Gasteiger partial charge in [-0.1, -0.05) is 12.8 Å². The lowest BCUT2D eigenvalue weighted by molar-refractivity contribution is -0.167. The van der Waals surface area contributed by atoms with Crippen LogP contribution in [-0.4, -0.2) is 66.2 Å². The van der Waals surface area contributed by atoms with Gasteiger partial charge in [0.1, 0.15) is 6.61 Å². The largest absolute Gasteiger partial charge is 0.501 e.